The van der Waals surface area contributed by atoms with E-state index in [4.69, 9.17) is 4.74 Å². The molecule has 3 heterocycles. The SMILES string of the molecule is Cc1nccnc1CC[C@H]1COCCN1C(=O)Cc1nonc1C. The summed E-state index contributed by atoms with van der Waals surface area (Å²) in [6.45, 7) is 5.42. The summed E-state index contributed by atoms with van der Waals surface area (Å²) in [5, 5.41) is 7.52. The number of ether oxygens (including phenoxy) is 1. The third-order valence-electron chi connectivity index (χ3n) is 4.31. The molecule has 2 aromatic heterocycles. The van der Waals surface area contributed by atoms with Crippen LogP contribution in [0, 0.1) is 13.8 Å². The molecular formula is C16H21N5O3. The first-order valence-electron chi connectivity index (χ1n) is 8.07. The summed E-state index contributed by atoms with van der Waals surface area (Å²) in [6.07, 6.45) is 5.15. The van der Waals surface area contributed by atoms with Gasteiger partial charge in [0.1, 0.15) is 11.4 Å². The van der Waals surface area contributed by atoms with Crippen LogP contribution in [0.2, 0.25) is 0 Å². The molecule has 3 rings (SSSR count). The Morgan fingerprint density at radius 2 is 2.04 bits per heavy atom. The number of morpholine rings is 1. The molecule has 1 amide bonds. The topological polar surface area (TPSA) is 94.2 Å². The van der Waals surface area contributed by atoms with Gasteiger partial charge < -0.3 is 9.64 Å². The van der Waals surface area contributed by atoms with E-state index >= 15 is 0 Å². The van der Waals surface area contributed by atoms with E-state index in [1.54, 1.807) is 19.3 Å². The summed E-state index contributed by atoms with van der Waals surface area (Å²) in [5.41, 5.74) is 3.14. The maximum atomic E-state index is 12.6. The van der Waals surface area contributed by atoms with E-state index in [2.05, 4.69) is 24.9 Å². The molecule has 0 aliphatic carbocycles. The van der Waals surface area contributed by atoms with Crippen molar-refractivity contribution in [3.05, 3.63) is 35.2 Å². The predicted molar refractivity (Wildman–Crippen MR) is 84.1 cm³/mol. The van der Waals surface area contributed by atoms with E-state index in [0.717, 1.165) is 24.2 Å². The number of carbonyl (C=O) groups is 1. The summed E-state index contributed by atoms with van der Waals surface area (Å²) in [7, 11) is 0. The van der Waals surface area contributed by atoms with E-state index < -0.39 is 0 Å². The smallest absolute Gasteiger partial charge is 0.229 e. The van der Waals surface area contributed by atoms with Crippen LogP contribution in [0.15, 0.2) is 17.0 Å². The third kappa shape index (κ3) is 3.76. The first-order valence-corrected chi connectivity index (χ1v) is 8.07. The fourth-order valence-corrected chi connectivity index (χ4v) is 2.86. The van der Waals surface area contributed by atoms with Gasteiger partial charge in [0.05, 0.1) is 37.1 Å². The summed E-state index contributed by atoms with van der Waals surface area (Å²) >= 11 is 0. The maximum Gasteiger partial charge on any atom is 0.229 e. The number of hydrogen-bond donors (Lipinski definition) is 0. The second kappa shape index (κ2) is 7.48. The Labute approximate surface area is 140 Å². The van der Waals surface area contributed by atoms with Crippen LogP contribution in [-0.4, -0.2) is 56.9 Å². The van der Waals surface area contributed by atoms with Crippen LogP contribution in [0.25, 0.3) is 0 Å². The molecule has 1 atom stereocenters. The highest BCUT2D eigenvalue weighted by Gasteiger charge is 2.28. The second-order valence-electron chi connectivity index (χ2n) is 5.92. The van der Waals surface area contributed by atoms with Gasteiger partial charge in [0.25, 0.3) is 0 Å². The fourth-order valence-electron chi connectivity index (χ4n) is 2.86. The van der Waals surface area contributed by atoms with Gasteiger partial charge in [-0.2, -0.15) is 0 Å². The Morgan fingerprint density at radius 1 is 1.21 bits per heavy atom. The number of nitrogens with zero attached hydrogens (tertiary/aromatic N) is 5. The van der Waals surface area contributed by atoms with Crippen molar-refractivity contribution in [1.29, 1.82) is 0 Å². The monoisotopic (exact) mass is 331 g/mol. The summed E-state index contributed by atoms with van der Waals surface area (Å²) in [4.78, 5) is 23.1. The molecule has 0 unspecified atom stereocenters. The molecule has 8 heteroatoms. The molecule has 0 saturated carbocycles. The van der Waals surface area contributed by atoms with Crippen molar-refractivity contribution >= 4 is 5.91 Å². The third-order valence-corrected chi connectivity index (χ3v) is 4.31. The minimum atomic E-state index is 0.0259. The highest BCUT2D eigenvalue weighted by atomic mass is 16.6. The van der Waals surface area contributed by atoms with Gasteiger partial charge in [-0.1, -0.05) is 10.3 Å². The van der Waals surface area contributed by atoms with Crippen molar-refractivity contribution in [1.82, 2.24) is 25.2 Å². The van der Waals surface area contributed by atoms with Crippen LogP contribution in [0.1, 0.15) is 29.2 Å². The van der Waals surface area contributed by atoms with Crippen LogP contribution in [-0.2, 0) is 22.4 Å². The van der Waals surface area contributed by atoms with E-state index in [0.29, 0.717) is 31.1 Å². The summed E-state index contributed by atoms with van der Waals surface area (Å²) < 4.78 is 10.2. The molecule has 2 aromatic rings. The van der Waals surface area contributed by atoms with Crippen LogP contribution >= 0.6 is 0 Å². The number of hydrogen-bond acceptors (Lipinski definition) is 7. The number of amides is 1. The highest BCUT2D eigenvalue weighted by Crippen LogP contribution is 2.16. The first-order chi connectivity index (χ1) is 11.6. The van der Waals surface area contributed by atoms with Gasteiger partial charge in [-0.25, -0.2) is 4.63 Å². The summed E-state index contributed by atoms with van der Waals surface area (Å²) in [5.74, 6) is 0.0259. The molecule has 0 bridgehead atoms. The van der Waals surface area contributed by atoms with E-state index in [-0.39, 0.29) is 18.4 Å². The second-order valence-corrected chi connectivity index (χ2v) is 5.92. The molecule has 1 aliphatic rings. The van der Waals surface area contributed by atoms with Crippen molar-refractivity contribution in [2.75, 3.05) is 19.8 Å². The van der Waals surface area contributed by atoms with Gasteiger partial charge in [0.2, 0.25) is 5.91 Å². The normalized spacial score (nSPS) is 17.9. The summed E-state index contributed by atoms with van der Waals surface area (Å²) in [6, 6.07) is 0.0350. The average Bonchev–Trinajstić information content (AvgIpc) is 2.99. The molecule has 0 radical (unpaired) electrons. The molecule has 1 aliphatic heterocycles. The maximum absolute atomic E-state index is 12.6. The molecular weight excluding hydrogens is 310 g/mol. The molecule has 1 saturated heterocycles. The lowest BCUT2D eigenvalue weighted by atomic mass is 10.1. The van der Waals surface area contributed by atoms with Crippen molar-refractivity contribution < 1.29 is 14.2 Å². The van der Waals surface area contributed by atoms with Crippen molar-refractivity contribution in [3.8, 4) is 0 Å². The molecule has 8 nitrogen and oxygen atoms in total. The van der Waals surface area contributed by atoms with Crippen molar-refractivity contribution in [2.45, 2.75) is 39.2 Å². The largest absolute Gasteiger partial charge is 0.377 e. The predicted octanol–water partition coefficient (Wildman–Crippen LogP) is 0.879. The highest BCUT2D eigenvalue weighted by molar-refractivity contribution is 5.79. The lowest BCUT2D eigenvalue weighted by molar-refractivity contribution is -0.139. The number of rotatable bonds is 5. The zero-order valence-electron chi connectivity index (χ0n) is 13.9. The number of carbonyl (C=O) groups excluding carboxylic acids is 1. The average molecular weight is 331 g/mol. The minimum absolute atomic E-state index is 0.0259. The van der Waals surface area contributed by atoms with Gasteiger partial charge in [-0.05, 0) is 26.7 Å². The van der Waals surface area contributed by atoms with Gasteiger partial charge in [0, 0.05) is 18.9 Å². The fraction of sp³-hybridized carbons (Fsp3) is 0.562. The van der Waals surface area contributed by atoms with Crippen molar-refractivity contribution in [2.24, 2.45) is 0 Å². The van der Waals surface area contributed by atoms with Gasteiger partial charge in [0.15, 0.2) is 0 Å². The molecule has 0 aromatic carbocycles. The van der Waals surface area contributed by atoms with Crippen LogP contribution in [0.3, 0.4) is 0 Å². The lowest BCUT2D eigenvalue weighted by Gasteiger charge is -2.35. The number of aromatic nitrogens is 4. The van der Waals surface area contributed by atoms with Crippen molar-refractivity contribution in [3.63, 3.8) is 0 Å². The standard InChI is InChI=1S/C16H21N5O3/c1-11-14(18-6-5-17-11)4-3-13-10-23-8-7-21(13)16(22)9-15-12(2)19-24-20-15/h5-6,13H,3-4,7-10H2,1-2H3/t13-/m0/s1. The Balaban J connectivity index is 1.63. The molecule has 0 spiro atoms. The molecule has 1 fully saturated rings. The quantitative estimate of drug-likeness (QED) is 0.802. The number of aryl methyl sites for hydroxylation is 3. The zero-order chi connectivity index (χ0) is 16.9. The first kappa shape index (κ1) is 16.5. The van der Waals surface area contributed by atoms with E-state index in [1.807, 2.05) is 11.8 Å². The Morgan fingerprint density at radius 3 is 2.79 bits per heavy atom. The Bertz CT molecular complexity index is 703. The zero-order valence-corrected chi connectivity index (χ0v) is 13.9. The van der Waals surface area contributed by atoms with E-state index in [9.17, 15) is 4.79 Å². The lowest BCUT2D eigenvalue weighted by Crippen LogP contribution is -2.49. The molecule has 0 N–H and O–H groups in total. The Hall–Kier alpha value is -2.35. The van der Waals surface area contributed by atoms with Gasteiger partial charge in [-0.15, -0.1) is 0 Å². The van der Waals surface area contributed by atoms with Crippen LogP contribution in [0.4, 0.5) is 0 Å². The Kier molecular flexibility index (Phi) is 5.14. The molecule has 128 valence electrons. The molecule has 24 heavy (non-hydrogen) atoms. The van der Waals surface area contributed by atoms with Gasteiger partial charge >= 0.3 is 0 Å². The van der Waals surface area contributed by atoms with Crippen LogP contribution in [0.5, 0.6) is 0 Å². The van der Waals surface area contributed by atoms with Gasteiger partial charge in [-0.3, -0.25) is 14.8 Å². The van der Waals surface area contributed by atoms with E-state index in [1.165, 1.54) is 0 Å². The van der Waals surface area contributed by atoms with Crippen LogP contribution < -0.4 is 0 Å². The minimum Gasteiger partial charge on any atom is -0.377 e.